The summed E-state index contributed by atoms with van der Waals surface area (Å²) in [6.45, 7) is 0. The lowest BCUT2D eigenvalue weighted by Crippen LogP contribution is -1.89. The normalized spacial score (nSPS) is 11.0. The number of hydrogen-bond donors (Lipinski definition) is 1. The maximum absolute atomic E-state index is 5.83. The molecule has 0 spiro atoms. The molecule has 0 radical (unpaired) electrons. The van der Waals surface area contributed by atoms with Crippen LogP contribution >= 0.6 is 11.6 Å². The fourth-order valence-corrected chi connectivity index (χ4v) is 1.56. The maximum Gasteiger partial charge on any atom is 0.167 e. The topological polar surface area (TPSA) is 58.9 Å². The van der Waals surface area contributed by atoms with Gasteiger partial charge in [-0.05, 0) is 6.07 Å². The molecule has 0 aromatic carbocycles. The molecule has 5 nitrogen and oxygen atoms in total. The van der Waals surface area contributed by atoms with Gasteiger partial charge < -0.3 is 4.98 Å². The van der Waals surface area contributed by atoms with Crippen molar-refractivity contribution in [1.29, 1.82) is 0 Å². The van der Waals surface area contributed by atoms with Crippen LogP contribution in [0, 0.1) is 0 Å². The molecular weight excluding hydrogens is 214 g/mol. The molecule has 0 aliphatic rings. The Morgan fingerprint density at radius 3 is 3.13 bits per heavy atom. The number of H-pyrrole nitrogens is 1. The molecule has 0 unspecified atom stereocenters. The summed E-state index contributed by atoms with van der Waals surface area (Å²) in [7, 11) is 0. The van der Waals surface area contributed by atoms with Gasteiger partial charge in [0, 0.05) is 18.6 Å². The molecule has 3 aromatic rings. The van der Waals surface area contributed by atoms with Crippen molar-refractivity contribution in [3.05, 3.63) is 36.0 Å². The van der Waals surface area contributed by atoms with Gasteiger partial charge in [0.2, 0.25) is 0 Å². The molecule has 0 saturated carbocycles. The van der Waals surface area contributed by atoms with E-state index in [0.717, 1.165) is 11.4 Å². The Morgan fingerprint density at radius 1 is 1.40 bits per heavy atom. The van der Waals surface area contributed by atoms with E-state index in [1.54, 1.807) is 35.4 Å². The average molecular weight is 220 g/mol. The third-order valence-corrected chi connectivity index (χ3v) is 2.30. The molecule has 6 heteroatoms. The summed E-state index contributed by atoms with van der Waals surface area (Å²) in [5.41, 5.74) is 1.53. The highest BCUT2D eigenvalue weighted by atomic mass is 35.5. The molecule has 0 saturated heterocycles. The van der Waals surface area contributed by atoms with Crippen molar-refractivity contribution in [2.45, 2.75) is 0 Å². The van der Waals surface area contributed by atoms with Gasteiger partial charge in [-0.2, -0.15) is 5.10 Å². The number of fused-ring (bicyclic) bond motifs is 1. The van der Waals surface area contributed by atoms with Gasteiger partial charge in [0.1, 0.15) is 11.0 Å². The van der Waals surface area contributed by atoms with Gasteiger partial charge in [-0.3, -0.25) is 0 Å². The van der Waals surface area contributed by atoms with Crippen molar-refractivity contribution in [3.63, 3.8) is 0 Å². The molecule has 3 heterocycles. The van der Waals surface area contributed by atoms with Crippen LogP contribution in [0.2, 0.25) is 5.15 Å². The highest BCUT2D eigenvalue weighted by Crippen LogP contribution is 2.20. The van der Waals surface area contributed by atoms with E-state index in [4.69, 9.17) is 11.6 Å². The number of imidazole rings is 1. The second-order valence-corrected chi connectivity index (χ2v) is 3.40. The Bertz CT molecular complexity index is 598. The quantitative estimate of drug-likeness (QED) is 0.635. The summed E-state index contributed by atoms with van der Waals surface area (Å²) in [6.07, 6.45) is 6.90. The maximum atomic E-state index is 5.83. The molecule has 74 valence electrons. The van der Waals surface area contributed by atoms with Gasteiger partial charge in [0.25, 0.3) is 0 Å². The first-order valence-corrected chi connectivity index (χ1v) is 4.72. The average Bonchev–Trinajstić information content (AvgIpc) is 2.83. The van der Waals surface area contributed by atoms with Crippen LogP contribution in [-0.4, -0.2) is 24.6 Å². The number of nitrogens with one attached hydrogen (secondary N) is 1. The molecule has 0 aliphatic carbocycles. The van der Waals surface area contributed by atoms with Gasteiger partial charge in [0.15, 0.2) is 5.65 Å². The zero-order chi connectivity index (χ0) is 10.3. The number of halogens is 1. The molecule has 0 fully saturated rings. The number of hydrogen-bond acceptors (Lipinski definition) is 3. The van der Waals surface area contributed by atoms with Crippen LogP contribution in [0.5, 0.6) is 0 Å². The van der Waals surface area contributed by atoms with Crippen LogP contribution in [-0.2, 0) is 0 Å². The highest BCUT2D eigenvalue weighted by Gasteiger charge is 2.09. The third-order valence-electron chi connectivity index (χ3n) is 2.09. The highest BCUT2D eigenvalue weighted by molar-refractivity contribution is 6.29. The number of rotatable bonds is 1. The molecular formula is C9H6ClN5. The summed E-state index contributed by atoms with van der Waals surface area (Å²) < 4.78 is 1.66. The standard InChI is InChI=1S/C9H6ClN5/c10-7-1-4-15-9(14-7)6(5-13-15)8-11-2-3-12-8/h1-5H,(H,11,12). The lowest BCUT2D eigenvalue weighted by molar-refractivity contribution is 0.939. The fraction of sp³-hybridized carbons (Fsp3) is 0. The molecule has 3 aromatic heterocycles. The van der Waals surface area contributed by atoms with Gasteiger partial charge in [0.05, 0.1) is 11.8 Å². The second kappa shape index (κ2) is 3.06. The molecule has 0 aliphatic heterocycles. The van der Waals surface area contributed by atoms with Gasteiger partial charge in [-0.1, -0.05) is 11.6 Å². The summed E-state index contributed by atoms with van der Waals surface area (Å²) >= 11 is 5.83. The third kappa shape index (κ3) is 1.28. The largest absolute Gasteiger partial charge is 0.344 e. The summed E-state index contributed by atoms with van der Waals surface area (Å²) in [6, 6.07) is 1.69. The predicted octanol–water partition coefficient (Wildman–Crippen LogP) is 1.77. The molecule has 0 atom stereocenters. The van der Waals surface area contributed by atoms with Crippen molar-refractivity contribution in [2.75, 3.05) is 0 Å². The van der Waals surface area contributed by atoms with Crippen molar-refractivity contribution in [1.82, 2.24) is 24.6 Å². The molecule has 0 bridgehead atoms. The minimum absolute atomic E-state index is 0.441. The van der Waals surface area contributed by atoms with E-state index in [1.165, 1.54) is 0 Å². The van der Waals surface area contributed by atoms with E-state index in [0.29, 0.717) is 10.8 Å². The predicted molar refractivity (Wildman–Crippen MR) is 55.6 cm³/mol. The van der Waals surface area contributed by atoms with E-state index >= 15 is 0 Å². The Kier molecular flexibility index (Phi) is 1.72. The Hall–Kier alpha value is -1.88. The van der Waals surface area contributed by atoms with Gasteiger partial charge >= 0.3 is 0 Å². The smallest absolute Gasteiger partial charge is 0.167 e. The van der Waals surface area contributed by atoms with Crippen LogP contribution in [0.4, 0.5) is 0 Å². The Morgan fingerprint density at radius 2 is 2.33 bits per heavy atom. The fourth-order valence-electron chi connectivity index (χ4n) is 1.43. The van der Waals surface area contributed by atoms with Crippen LogP contribution < -0.4 is 0 Å². The van der Waals surface area contributed by atoms with Crippen LogP contribution in [0.3, 0.4) is 0 Å². The van der Waals surface area contributed by atoms with Gasteiger partial charge in [-0.25, -0.2) is 14.5 Å². The summed E-state index contributed by atoms with van der Waals surface area (Å²) in [5, 5.41) is 4.59. The lowest BCUT2D eigenvalue weighted by Gasteiger charge is -1.94. The first kappa shape index (κ1) is 8.43. The SMILES string of the molecule is Clc1ccn2ncc(-c3ncc[nH]3)c2n1. The molecule has 1 N–H and O–H groups in total. The van der Waals surface area contributed by atoms with Crippen molar-refractivity contribution >= 4 is 17.2 Å². The summed E-state index contributed by atoms with van der Waals surface area (Å²) in [4.78, 5) is 11.3. The minimum Gasteiger partial charge on any atom is -0.344 e. The van der Waals surface area contributed by atoms with Gasteiger partial charge in [-0.15, -0.1) is 0 Å². The molecule has 3 rings (SSSR count). The van der Waals surface area contributed by atoms with Crippen molar-refractivity contribution in [3.8, 4) is 11.4 Å². The van der Waals surface area contributed by atoms with E-state index in [-0.39, 0.29) is 0 Å². The first-order chi connectivity index (χ1) is 7.34. The van der Waals surface area contributed by atoms with Crippen molar-refractivity contribution in [2.24, 2.45) is 0 Å². The Balaban J connectivity index is 2.32. The lowest BCUT2D eigenvalue weighted by atomic mass is 10.3. The Labute approximate surface area is 89.7 Å². The zero-order valence-corrected chi connectivity index (χ0v) is 8.31. The minimum atomic E-state index is 0.441. The second-order valence-electron chi connectivity index (χ2n) is 3.01. The van der Waals surface area contributed by atoms with Crippen LogP contribution in [0.15, 0.2) is 30.9 Å². The number of aromatic nitrogens is 5. The first-order valence-electron chi connectivity index (χ1n) is 4.34. The zero-order valence-electron chi connectivity index (χ0n) is 7.55. The van der Waals surface area contributed by atoms with E-state index in [1.807, 2.05) is 0 Å². The molecule has 15 heavy (non-hydrogen) atoms. The van der Waals surface area contributed by atoms with Crippen LogP contribution in [0.1, 0.15) is 0 Å². The van der Waals surface area contributed by atoms with E-state index < -0.39 is 0 Å². The monoisotopic (exact) mass is 219 g/mol. The summed E-state index contributed by atoms with van der Waals surface area (Å²) in [5.74, 6) is 0.736. The number of aromatic amines is 1. The number of nitrogens with zero attached hydrogens (tertiary/aromatic N) is 4. The van der Waals surface area contributed by atoms with Crippen LogP contribution in [0.25, 0.3) is 17.0 Å². The van der Waals surface area contributed by atoms with E-state index in [9.17, 15) is 0 Å². The van der Waals surface area contributed by atoms with Crippen molar-refractivity contribution < 1.29 is 0 Å². The molecule has 0 amide bonds. The van der Waals surface area contributed by atoms with E-state index in [2.05, 4.69) is 20.1 Å².